The van der Waals surface area contributed by atoms with Gasteiger partial charge >= 0.3 is 0 Å². The number of rotatable bonds is 4. The molecular formula is C12H16N2OS. The van der Waals surface area contributed by atoms with Gasteiger partial charge in [0.15, 0.2) is 0 Å². The molecule has 0 saturated carbocycles. The number of hydrogen-bond donors (Lipinski definition) is 1. The zero-order chi connectivity index (χ0) is 11.5. The van der Waals surface area contributed by atoms with E-state index in [4.69, 9.17) is 0 Å². The molecule has 2 heterocycles. The fraction of sp³-hybridized carbons (Fsp3) is 0.417. The molecule has 0 spiro atoms. The lowest BCUT2D eigenvalue weighted by Crippen LogP contribution is -2.05. The molecule has 2 aromatic heterocycles. The Labute approximate surface area is 99.4 Å². The predicted molar refractivity (Wildman–Crippen MR) is 65.6 cm³/mol. The third-order valence-corrected chi connectivity index (χ3v) is 3.91. The van der Waals surface area contributed by atoms with Crippen LogP contribution in [0.4, 0.5) is 0 Å². The molecule has 86 valence electrons. The Balaban J connectivity index is 2.07. The van der Waals surface area contributed by atoms with Gasteiger partial charge in [-0.3, -0.25) is 0 Å². The van der Waals surface area contributed by atoms with Gasteiger partial charge in [-0.2, -0.15) is 0 Å². The second kappa shape index (κ2) is 4.80. The van der Waals surface area contributed by atoms with E-state index in [2.05, 4.69) is 24.0 Å². The lowest BCUT2D eigenvalue weighted by molar-refractivity contribution is 0.171. The summed E-state index contributed by atoms with van der Waals surface area (Å²) in [7, 11) is 1.90. The van der Waals surface area contributed by atoms with Crippen molar-refractivity contribution in [1.29, 1.82) is 0 Å². The molecule has 0 aliphatic carbocycles. The molecule has 1 unspecified atom stereocenters. The zero-order valence-corrected chi connectivity index (χ0v) is 10.4. The summed E-state index contributed by atoms with van der Waals surface area (Å²) in [6.07, 6.45) is 4.70. The highest BCUT2D eigenvalue weighted by molar-refractivity contribution is 7.11. The molecule has 2 aromatic rings. The van der Waals surface area contributed by atoms with E-state index >= 15 is 0 Å². The first kappa shape index (κ1) is 11.4. The molecule has 0 aromatic carbocycles. The Kier molecular flexibility index (Phi) is 3.41. The van der Waals surface area contributed by atoms with Crippen molar-refractivity contribution in [3.63, 3.8) is 0 Å². The van der Waals surface area contributed by atoms with E-state index in [0.717, 1.165) is 12.1 Å². The first-order valence-corrected chi connectivity index (χ1v) is 6.24. The van der Waals surface area contributed by atoms with E-state index in [0.29, 0.717) is 6.42 Å². The maximum atomic E-state index is 10.1. The van der Waals surface area contributed by atoms with Gasteiger partial charge in [0, 0.05) is 23.2 Å². The summed E-state index contributed by atoms with van der Waals surface area (Å²) in [6.45, 7) is 2.15. The van der Waals surface area contributed by atoms with E-state index in [9.17, 15) is 5.11 Å². The van der Waals surface area contributed by atoms with Crippen LogP contribution in [0.15, 0.2) is 24.7 Å². The molecule has 0 radical (unpaired) electrons. The normalized spacial score (nSPS) is 12.9. The van der Waals surface area contributed by atoms with Crippen molar-refractivity contribution in [3.05, 3.63) is 40.1 Å². The minimum absolute atomic E-state index is 0.462. The molecule has 0 saturated heterocycles. The van der Waals surface area contributed by atoms with Crippen LogP contribution in [0.25, 0.3) is 0 Å². The van der Waals surface area contributed by atoms with Crippen LogP contribution in [0.3, 0.4) is 0 Å². The van der Waals surface area contributed by atoms with Crippen molar-refractivity contribution in [2.75, 3.05) is 0 Å². The largest absolute Gasteiger partial charge is 0.386 e. The Morgan fingerprint density at radius 3 is 2.75 bits per heavy atom. The number of aliphatic hydroxyl groups is 1. The summed E-state index contributed by atoms with van der Waals surface area (Å²) in [5.41, 5.74) is 0.867. The Bertz CT molecular complexity index is 461. The van der Waals surface area contributed by atoms with Crippen LogP contribution in [-0.2, 0) is 19.9 Å². The van der Waals surface area contributed by atoms with Gasteiger partial charge in [0.1, 0.15) is 6.10 Å². The Morgan fingerprint density at radius 2 is 2.19 bits per heavy atom. The van der Waals surface area contributed by atoms with E-state index in [1.54, 1.807) is 23.9 Å². The molecule has 0 aliphatic heterocycles. The highest BCUT2D eigenvalue weighted by Crippen LogP contribution is 2.23. The van der Waals surface area contributed by atoms with Gasteiger partial charge in [0.2, 0.25) is 0 Å². The van der Waals surface area contributed by atoms with Gasteiger partial charge in [-0.15, -0.1) is 11.3 Å². The van der Waals surface area contributed by atoms with Gasteiger partial charge in [-0.25, -0.2) is 4.98 Å². The monoisotopic (exact) mass is 236 g/mol. The van der Waals surface area contributed by atoms with Crippen LogP contribution in [0.1, 0.15) is 28.5 Å². The van der Waals surface area contributed by atoms with Crippen LogP contribution in [-0.4, -0.2) is 14.7 Å². The Hall–Kier alpha value is -1.13. The quantitative estimate of drug-likeness (QED) is 0.884. The first-order valence-electron chi connectivity index (χ1n) is 5.42. The molecule has 0 aliphatic rings. The zero-order valence-electron chi connectivity index (χ0n) is 9.55. The fourth-order valence-corrected chi connectivity index (χ4v) is 2.70. The van der Waals surface area contributed by atoms with E-state index in [1.807, 2.05) is 11.6 Å². The average Bonchev–Trinajstić information content (AvgIpc) is 2.86. The summed E-state index contributed by atoms with van der Waals surface area (Å²) in [6, 6.07) is 4.24. The van der Waals surface area contributed by atoms with Crippen LogP contribution in [0, 0.1) is 0 Å². The summed E-state index contributed by atoms with van der Waals surface area (Å²) >= 11 is 1.77. The topological polar surface area (TPSA) is 38.1 Å². The molecule has 3 nitrogen and oxygen atoms in total. The van der Waals surface area contributed by atoms with Crippen molar-refractivity contribution < 1.29 is 5.11 Å². The molecule has 1 N–H and O–H groups in total. The van der Waals surface area contributed by atoms with E-state index in [-0.39, 0.29) is 0 Å². The third kappa shape index (κ3) is 2.33. The molecule has 0 bridgehead atoms. The summed E-state index contributed by atoms with van der Waals surface area (Å²) in [5.74, 6) is 0. The molecule has 16 heavy (non-hydrogen) atoms. The van der Waals surface area contributed by atoms with Crippen molar-refractivity contribution >= 4 is 11.3 Å². The SMILES string of the molecule is CCc1ccc(CC(O)c2cncn2C)s1. The molecular weight excluding hydrogens is 220 g/mol. The van der Waals surface area contributed by atoms with Crippen molar-refractivity contribution in [2.45, 2.75) is 25.9 Å². The van der Waals surface area contributed by atoms with Crippen molar-refractivity contribution in [3.8, 4) is 0 Å². The number of aromatic nitrogens is 2. The van der Waals surface area contributed by atoms with Gasteiger partial charge in [0.05, 0.1) is 18.2 Å². The molecule has 0 fully saturated rings. The molecule has 0 amide bonds. The first-order chi connectivity index (χ1) is 7.70. The molecule has 2 rings (SSSR count). The second-order valence-electron chi connectivity index (χ2n) is 3.87. The maximum Gasteiger partial charge on any atom is 0.100 e. The summed E-state index contributed by atoms with van der Waals surface area (Å²) in [5, 5.41) is 10.1. The van der Waals surface area contributed by atoms with E-state index < -0.39 is 6.10 Å². The minimum Gasteiger partial charge on any atom is -0.386 e. The van der Waals surface area contributed by atoms with Crippen molar-refractivity contribution in [2.24, 2.45) is 7.05 Å². The average molecular weight is 236 g/mol. The number of aryl methyl sites for hydroxylation is 2. The third-order valence-electron chi connectivity index (χ3n) is 2.66. The number of thiophene rings is 1. The predicted octanol–water partition coefficient (Wildman–Crippen LogP) is 2.32. The molecule has 1 atom stereocenters. The highest BCUT2D eigenvalue weighted by Gasteiger charge is 2.13. The van der Waals surface area contributed by atoms with Gasteiger partial charge in [0.25, 0.3) is 0 Å². The smallest absolute Gasteiger partial charge is 0.100 e. The fourth-order valence-electron chi connectivity index (χ4n) is 1.71. The standard InChI is InChI=1S/C12H16N2OS/c1-3-9-4-5-10(16-9)6-12(15)11-7-13-8-14(11)2/h4-5,7-8,12,15H,3,6H2,1-2H3. The highest BCUT2D eigenvalue weighted by atomic mass is 32.1. The number of imidazole rings is 1. The second-order valence-corrected chi connectivity index (χ2v) is 5.12. The van der Waals surface area contributed by atoms with Crippen LogP contribution < -0.4 is 0 Å². The van der Waals surface area contributed by atoms with Crippen LogP contribution in [0.5, 0.6) is 0 Å². The maximum absolute atomic E-state index is 10.1. The summed E-state index contributed by atoms with van der Waals surface area (Å²) in [4.78, 5) is 6.61. The molecule has 4 heteroatoms. The minimum atomic E-state index is -0.462. The van der Waals surface area contributed by atoms with Gasteiger partial charge < -0.3 is 9.67 Å². The lowest BCUT2D eigenvalue weighted by atomic mass is 10.2. The number of nitrogens with zero attached hydrogens (tertiary/aromatic N) is 2. The van der Waals surface area contributed by atoms with Crippen molar-refractivity contribution in [1.82, 2.24) is 9.55 Å². The number of aliphatic hydroxyl groups excluding tert-OH is 1. The van der Waals surface area contributed by atoms with Gasteiger partial charge in [-0.05, 0) is 18.6 Å². The summed E-state index contributed by atoms with van der Waals surface area (Å²) < 4.78 is 1.86. The lowest BCUT2D eigenvalue weighted by Gasteiger charge is -2.09. The number of hydrogen-bond acceptors (Lipinski definition) is 3. The van der Waals surface area contributed by atoms with Gasteiger partial charge in [-0.1, -0.05) is 6.92 Å². The van der Waals surface area contributed by atoms with Crippen LogP contribution in [0.2, 0.25) is 0 Å². The Morgan fingerprint density at radius 1 is 1.44 bits per heavy atom. The van der Waals surface area contributed by atoms with Crippen LogP contribution >= 0.6 is 11.3 Å². The van der Waals surface area contributed by atoms with E-state index in [1.165, 1.54) is 9.75 Å².